The lowest BCUT2D eigenvalue weighted by atomic mass is 10.3. The lowest BCUT2D eigenvalue weighted by molar-refractivity contribution is 0.477. The third-order valence-corrected chi connectivity index (χ3v) is 2.28. The zero-order chi connectivity index (χ0) is 11.4. The van der Waals surface area contributed by atoms with E-state index in [2.05, 4.69) is 4.98 Å². The molecule has 1 aromatic carbocycles. The van der Waals surface area contributed by atoms with Gasteiger partial charge in [-0.05, 0) is 35.9 Å². The van der Waals surface area contributed by atoms with Gasteiger partial charge in [-0.25, -0.2) is 4.39 Å². The Balaban J connectivity index is 2.16. The quantitative estimate of drug-likeness (QED) is 0.759. The van der Waals surface area contributed by atoms with E-state index in [1.807, 2.05) is 0 Å². The first-order valence-corrected chi connectivity index (χ1v) is 5.25. The van der Waals surface area contributed by atoms with Crippen molar-refractivity contribution in [2.75, 3.05) is 0 Å². The zero-order valence-electron chi connectivity index (χ0n) is 8.36. The summed E-state index contributed by atoms with van der Waals surface area (Å²) >= 11 is 5.68. The van der Waals surface area contributed by atoms with Gasteiger partial charge in [-0.3, -0.25) is 4.98 Å². The number of hydrogen-bond acceptors (Lipinski definition) is 2. The molecule has 0 bridgehead atoms. The summed E-state index contributed by atoms with van der Waals surface area (Å²) in [6, 6.07) is 7.59. The van der Waals surface area contributed by atoms with Crippen LogP contribution in [0.15, 0.2) is 42.7 Å². The van der Waals surface area contributed by atoms with E-state index >= 15 is 0 Å². The molecule has 0 amide bonds. The summed E-state index contributed by atoms with van der Waals surface area (Å²) in [7, 11) is 0. The summed E-state index contributed by atoms with van der Waals surface area (Å²) in [5, 5.41) is 0. The zero-order valence-corrected chi connectivity index (χ0v) is 9.12. The molecule has 0 aliphatic heterocycles. The van der Waals surface area contributed by atoms with Gasteiger partial charge >= 0.3 is 0 Å². The fourth-order valence-electron chi connectivity index (χ4n) is 1.23. The normalized spacial score (nSPS) is 10.1. The third kappa shape index (κ3) is 2.70. The van der Waals surface area contributed by atoms with Crippen molar-refractivity contribution < 1.29 is 9.13 Å². The fraction of sp³-hybridized carbons (Fsp3) is 0.0833. The van der Waals surface area contributed by atoms with Gasteiger partial charge in [-0.1, -0.05) is 0 Å². The molecule has 0 aliphatic carbocycles. The van der Waals surface area contributed by atoms with Crippen molar-refractivity contribution in [3.63, 3.8) is 0 Å². The minimum Gasteiger partial charge on any atom is -0.456 e. The van der Waals surface area contributed by atoms with E-state index in [0.29, 0.717) is 17.4 Å². The predicted octanol–water partition coefficient (Wildman–Crippen LogP) is 3.75. The molecule has 82 valence electrons. The van der Waals surface area contributed by atoms with Crippen molar-refractivity contribution in [3.05, 3.63) is 54.1 Å². The number of alkyl halides is 1. The Morgan fingerprint density at radius 1 is 1.12 bits per heavy atom. The van der Waals surface area contributed by atoms with Crippen LogP contribution >= 0.6 is 11.6 Å². The Hall–Kier alpha value is -1.61. The number of aromatic nitrogens is 1. The van der Waals surface area contributed by atoms with Crippen LogP contribution in [0.4, 0.5) is 4.39 Å². The van der Waals surface area contributed by atoms with E-state index in [-0.39, 0.29) is 5.82 Å². The number of hydrogen-bond donors (Lipinski definition) is 0. The maximum absolute atomic E-state index is 12.7. The van der Waals surface area contributed by atoms with Crippen LogP contribution in [0, 0.1) is 5.82 Å². The van der Waals surface area contributed by atoms with Crippen LogP contribution in [0.2, 0.25) is 0 Å². The van der Waals surface area contributed by atoms with Crippen LogP contribution in [0.5, 0.6) is 11.5 Å². The van der Waals surface area contributed by atoms with Gasteiger partial charge in [0.2, 0.25) is 0 Å². The number of ether oxygens (including phenoxy) is 1. The first-order chi connectivity index (χ1) is 7.78. The lowest BCUT2D eigenvalue weighted by Crippen LogP contribution is -1.87. The number of nitrogens with zero attached hydrogens (tertiary/aromatic N) is 1. The van der Waals surface area contributed by atoms with Gasteiger partial charge in [-0.15, -0.1) is 11.6 Å². The van der Waals surface area contributed by atoms with Crippen molar-refractivity contribution in [2.24, 2.45) is 0 Å². The maximum Gasteiger partial charge on any atom is 0.146 e. The van der Waals surface area contributed by atoms with Crippen LogP contribution in [0.1, 0.15) is 5.56 Å². The van der Waals surface area contributed by atoms with Gasteiger partial charge in [0, 0.05) is 12.1 Å². The Bertz CT molecular complexity index is 473. The Labute approximate surface area is 97.7 Å². The second kappa shape index (κ2) is 4.94. The van der Waals surface area contributed by atoms with Gasteiger partial charge < -0.3 is 4.74 Å². The van der Waals surface area contributed by atoms with Gasteiger partial charge in [0.1, 0.15) is 17.3 Å². The summed E-state index contributed by atoms with van der Waals surface area (Å²) < 4.78 is 18.1. The summed E-state index contributed by atoms with van der Waals surface area (Å²) in [6.07, 6.45) is 3.25. The van der Waals surface area contributed by atoms with Crippen molar-refractivity contribution in [3.8, 4) is 11.5 Å². The van der Waals surface area contributed by atoms with Gasteiger partial charge in [0.05, 0.1) is 6.20 Å². The van der Waals surface area contributed by atoms with E-state index in [1.54, 1.807) is 30.6 Å². The standard InChI is InChI=1S/C12H9ClFNO/c13-6-9-5-12(8-15-7-9)16-11-3-1-10(14)2-4-11/h1-5,7-8H,6H2. The molecule has 0 aliphatic rings. The first kappa shape index (κ1) is 10.9. The van der Waals surface area contributed by atoms with Crippen LogP contribution in [-0.4, -0.2) is 4.98 Å². The SMILES string of the molecule is Fc1ccc(Oc2cncc(CCl)c2)cc1. The molecule has 0 saturated carbocycles. The Morgan fingerprint density at radius 2 is 1.88 bits per heavy atom. The maximum atomic E-state index is 12.7. The second-order valence-corrected chi connectivity index (χ2v) is 3.49. The first-order valence-electron chi connectivity index (χ1n) is 4.71. The highest BCUT2D eigenvalue weighted by atomic mass is 35.5. The number of halogens is 2. The molecule has 0 saturated heterocycles. The number of rotatable bonds is 3. The molecule has 0 atom stereocenters. The van der Waals surface area contributed by atoms with E-state index < -0.39 is 0 Å². The molecular formula is C12H9ClFNO. The number of pyridine rings is 1. The van der Waals surface area contributed by atoms with Crippen molar-refractivity contribution in [2.45, 2.75) is 5.88 Å². The highest BCUT2D eigenvalue weighted by molar-refractivity contribution is 6.17. The minimum absolute atomic E-state index is 0.292. The summed E-state index contributed by atoms with van der Waals surface area (Å²) in [6.45, 7) is 0. The van der Waals surface area contributed by atoms with Crippen LogP contribution in [0.25, 0.3) is 0 Å². The van der Waals surface area contributed by atoms with E-state index in [9.17, 15) is 4.39 Å². The average molecular weight is 238 g/mol. The molecule has 0 radical (unpaired) electrons. The number of benzene rings is 1. The van der Waals surface area contributed by atoms with Crippen molar-refractivity contribution >= 4 is 11.6 Å². The largest absolute Gasteiger partial charge is 0.456 e. The Morgan fingerprint density at radius 3 is 2.56 bits per heavy atom. The minimum atomic E-state index is -0.292. The molecule has 1 heterocycles. The van der Waals surface area contributed by atoms with Crippen molar-refractivity contribution in [1.29, 1.82) is 0 Å². The van der Waals surface area contributed by atoms with Crippen LogP contribution in [-0.2, 0) is 5.88 Å². The molecule has 1 aromatic heterocycles. The lowest BCUT2D eigenvalue weighted by Gasteiger charge is -2.05. The second-order valence-electron chi connectivity index (χ2n) is 3.22. The molecule has 2 nitrogen and oxygen atoms in total. The molecular weight excluding hydrogens is 229 g/mol. The van der Waals surface area contributed by atoms with E-state index in [1.165, 1.54) is 12.1 Å². The molecule has 4 heteroatoms. The van der Waals surface area contributed by atoms with Crippen LogP contribution < -0.4 is 4.74 Å². The van der Waals surface area contributed by atoms with E-state index in [4.69, 9.17) is 16.3 Å². The fourth-order valence-corrected chi connectivity index (χ4v) is 1.38. The molecule has 0 fully saturated rings. The summed E-state index contributed by atoms with van der Waals surface area (Å²) in [4.78, 5) is 3.99. The Kier molecular flexibility index (Phi) is 3.37. The molecule has 0 N–H and O–H groups in total. The monoisotopic (exact) mass is 237 g/mol. The van der Waals surface area contributed by atoms with Gasteiger partial charge in [0.15, 0.2) is 0 Å². The van der Waals surface area contributed by atoms with Crippen LogP contribution in [0.3, 0.4) is 0 Å². The van der Waals surface area contributed by atoms with E-state index in [0.717, 1.165) is 5.56 Å². The summed E-state index contributed by atoms with van der Waals surface area (Å²) in [5.74, 6) is 1.24. The smallest absolute Gasteiger partial charge is 0.146 e. The topological polar surface area (TPSA) is 22.1 Å². The molecule has 0 spiro atoms. The summed E-state index contributed by atoms with van der Waals surface area (Å²) in [5.41, 5.74) is 0.876. The highest BCUT2D eigenvalue weighted by Gasteiger charge is 1.99. The molecule has 0 unspecified atom stereocenters. The predicted molar refractivity (Wildman–Crippen MR) is 60.3 cm³/mol. The molecule has 2 rings (SSSR count). The van der Waals surface area contributed by atoms with Gasteiger partial charge in [0.25, 0.3) is 0 Å². The third-order valence-electron chi connectivity index (χ3n) is 1.97. The van der Waals surface area contributed by atoms with Gasteiger partial charge in [-0.2, -0.15) is 0 Å². The molecule has 16 heavy (non-hydrogen) atoms. The average Bonchev–Trinajstić information content (AvgIpc) is 2.32. The van der Waals surface area contributed by atoms with Crippen molar-refractivity contribution in [1.82, 2.24) is 4.98 Å². The molecule has 2 aromatic rings. The highest BCUT2D eigenvalue weighted by Crippen LogP contribution is 2.21.